The summed E-state index contributed by atoms with van der Waals surface area (Å²) in [6.07, 6.45) is 6.62. The molecule has 0 fully saturated rings. The second-order valence-electron chi connectivity index (χ2n) is 4.17. The number of hydrogen-bond donors (Lipinski definition) is 1. The highest BCUT2D eigenvalue weighted by atomic mass is 16.5. The number of rotatable bonds is 4. The number of methoxy groups -OCH3 is 1. The van der Waals surface area contributed by atoms with Crippen LogP contribution in [0.1, 0.15) is 24.0 Å². The molecule has 1 aromatic rings. The van der Waals surface area contributed by atoms with Crippen molar-refractivity contribution >= 4 is 0 Å². The van der Waals surface area contributed by atoms with Crippen LogP contribution in [-0.4, -0.2) is 13.2 Å². The normalized spacial score (nSPS) is 14.8. The molecule has 0 spiro atoms. The highest BCUT2D eigenvalue weighted by molar-refractivity contribution is 5.45. The van der Waals surface area contributed by atoms with Crippen molar-refractivity contribution in [2.75, 3.05) is 7.11 Å². The molecular formula is C14H16N2O. The first-order chi connectivity index (χ1) is 8.33. The van der Waals surface area contributed by atoms with Gasteiger partial charge in [-0.15, -0.1) is 0 Å². The number of benzene rings is 1. The molecule has 2 rings (SSSR count). The first-order valence-electron chi connectivity index (χ1n) is 5.79. The SMILES string of the molecule is COc1cc(CNC2CC=CC2)ccc1C#N. The van der Waals surface area contributed by atoms with Crippen LogP contribution < -0.4 is 10.1 Å². The maximum Gasteiger partial charge on any atom is 0.136 e. The van der Waals surface area contributed by atoms with Gasteiger partial charge in [0.25, 0.3) is 0 Å². The van der Waals surface area contributed by atoms with Crippen molar-refractivity contribution in [2.24, 2.45) is 0 Å². The molecule has 17 heavy (non-hydrogen) atoms. The summed E-state index contributed by atoms with van der Waals surface area (Å²) in [6, 6.07) is 8.37. The van der Waals surface area contributed by atoms with Crippen molar-refractivity contribution in [3.8, 4) is 11.8 Å². The molecule has 0 heterocycles. The smallest absolute Gasteiger partial charge is 0.136 e. The fraction of sp³-hybridized carbons (Fsp3) is 0.357. The van der Waals surface area contributed by atoms with E-state index in [-0.39, 0.29) is 0 Å². The maximum absolute atomic E-state index is 8.89. The van der Waals surface area contributed by atoms with Gasteiger partial charge in [-0.2, -0.15) is 5.26 Å². The summed E-state index contributed by atoms with van der Waals surface area (Å²) in [6.45, 7) is 0.814. The minimum absolute atomic E-state index is 0.552. The van der Waals surface area contributed by atoms with Gasteiger partial charge in [0.2, 0.25) is 0 Å². The van der Waals surface area contributed by atoms with Crippen molar-refractivity contribution in [1.82, 2.24) is 5.32 Å². The molecule has 1 aromatic carbocycles. The largest absolute Gasteiger partial charge is 0.495 e. The Balaban J connectivity index is 1.99. The summed E-state index contributed by atoms with van der Waals surface area (Å²) in [5, 5.41) is 12.4. The van der Waals surface area contributed by atoms with Gasteiger partial charge in [-0.05, 0) is 30.5 Å². The molecule has 0 amide bonds. The highest BCUT2D eigenvalue weighted by Gasteiger charge is 2.09. The van der Waals surface area contributed by atoms with Gasteiger partial charge >= 0.3 is 0 Å². The Bertz CT molecular complexity index is 452. The van der Waals surface area contributed by atoms with Crippen LogP contribution in [0.4, 0.5) is 0 Å². The Morgan fingerprint density at radius 2 is 2.18 bits per heavy atom. The fourth-order valence-corrected chi connectivity index (χ4v) is 1.98. The molecule has 0 aliphatic heterocycles. The summed E-state index contributed by atoms with van der Waals surface area (Å²) < 4.78 is 5.19. The summed E-state index contributed by atoms with van der Waals surface area (Å²) in [5.41, 5.74) is 1.73. The lowest BCUT2D eigenvalue weighted by molar-refractivity contribution is 0.412. The molecule has 1 aliphatic rings. The molecule has 3 heteroatoms. The van der Waals surface area contributed by atoms with Crippen LogP contribution in [0.2, 0.25) is 0 Å². The minimum atomic E-state index is 0.552. The monoisotopic (exact) mass is 228 g/mol. The van der Waals surface area contributed by atoms with Crippen LogP contribution in [0.3, 0.4) is 0 Å². The topological polar surface area (TPSA) is 45.0 Å². The third kappa shape index (κ3) is 2.86. The van der Waals surface area contributed by atoms with Crippen LogP contribution in [0.25, 0.3) is 0 Å². The lowest BCUT2D eigenvalue weighted by Gasteiger charge is -2.12. The third-order valence-electron chi connectivity index (χ3n) is 2.99. The molecule has 0 atom stereocenters. The molecule has 3 nitrogen and oxygen atoms in total. The Morgan fingerprint density at radius 3 is 2.82 bits per heavy atom. The molecule has 0 radical (unpaired) electrons. The van der Waals surface area contributed by atoms with Crippen molar-refractivity contribution in [3.05, 3.63) is 41.5 Å². The Kier molecular flexibility index (Phi) is 3.79. The zero-order valence-electron chi connectivity index (χ0n) is 9.94. The molecule has 0 bridgehead atoms. The van der Waals surface area contributed by atoms with E-state index in [2.05, 4.69) is 23.5 Å². The molecular weight excluding hydrogens is 212 g/mol. The van der Waals surface area contributed by atoms with Gasteiger partial charge in [0, 0.05) is 12.6 Å². The van der Waals surface area contributed by atoms with E-state index < -0.39 is 0 Å². The number of hydrogen-bond acceptors (Lipinski definition) is 3. The quantitative estimate of drug-likeness (QED) is 0.805. The fourth-order valence-electron chi connectivity index (χ4n) is 1.98. The third-order valence-corrected chi connectivity index (χ3v) is 2.99. The molecule has 1 N–H and O–H groups in total. The van der Waals surface area contributed by atoms with Gasteiger partial charge in [0.05, 0.1) is 12.7 Å². The van der Waals surface area contributed by atoms with E-state index in [1.54, 1.807) is 7.11 Å². The summed E-state index contributed by atoms with van der Waals surface area (Å²) in [5.74, 6) is 0.649. The first kappa shape index (κ1) is 11.7. The van der Waals surface area contributed by atoms with Crippen LogP contribution in [0, 0.1) is 11.3 Å². The summed E-state index contributed by atoms with van der Waals surface area (Å²) in [4.78, 5) is 0. The van der Waals surface area contributed by atoms with Crippen molar-refractivity contribution in [2.45, 2.75) is 25.4 Å². The predicted octanol–water partition coefficient (Wildman–Crippen LogP) is 2.38. The van der Waals surface area contributed by atoms with Gasteiger partial charge in [-0.1, -0.05) is 18.2 Å². The van der Waals surface area contributed by atoms with Gasteiger partial charge < -0.3 is 10.1 Å². The van der Waals surface area contributed by atoms with E-state index >= 15 is 0 Å². The minimum Gasteiger partial charge on any atom is -0.495 e. The van der Waals surface area contributed by atoms with E-state index in [0.717, 1.165) is 24.9 Å². The van der Waals surface area contributed by atoms with E-state index in [1.807, 2.05) is 18.2 Å². The number of nitriles is 1. The zero-order valence-corrected chi connectivity index (χ0v) is 9.94. The number of nitrogens with one attached hydrogen (secondary N) is 1. The first-order valence-corrected chi connectivity index (χ1v) is 5.79. The molecule has 88 valence electrons. The van der Waals surface area contributed by atoms with E-state index in [0.29, 0.717) is 17.4 Å². The number of ether oxygens (including phenoxy) is 1. The molecule has 0 saturated carbocycles. The van der Waals surface area contributed by atoms with Crippen molar-refractivity contribution < 1.29 is 4.74 Å². The zero-order chi connectivity index (χ0) is 12.1. The number of nitrogens with zero attached hydrogens (tertiary/aromatic N) is 1. The van der Waals surface area contributed by atoms with E-state index in [4.69, 9.17) is 10.00 Å². The average Bonchev–Trinajstić information content (AvgIpc) is 2.89. The molecule has 0 saturated heterocycles. The van der Waals surface area contributed by atoms with E-state index in [9.17, 15) is 0 Å². The standard InChI is InChI=1S/C14H16N2O/c1-17-14-8-11(6-7-12(14)9-15)10-16-13-4-2-3-5-13/h2-3,6-8,13,16H,4-5,10H2,1H3. The molecule has 0 unspecified atom stereocenters. The Hall–Kier alpha value is -1.79. The van der Waals surface area contributed by atoms with Crippen molar-refractivity contribution in [3.63, 3.8) is 0 Å². The second kappa shape index (κ2) is 5.51. The van der Waals surface area contributed by atoms with E-state index in [1.165, 1.54) is 0 Å². The van der Waals surface area contributed by atoms with Gasteiger partial charge in [0.15, 0.2) is 0 Å². The molecule has 0 aromatic heterocycles. The average molecular weight is 228 g/mol. The van der Waals surface area contributed by atoms with Gasteiger partial charge in [0.1, 0.15) is 11.8 Å². The summed E-state index contributed by atoms with van der Waals surface area (Å²) in [7, 11) is 1.59. The van der Waals surface area contributed by atoms with Gasteiger partial charge in [-0.25, -0.2) is 0 Å². The van der Waals surface area contributed by atoms with Crippen LogP contribution >= 0.6 is 0 Å². The Labute approximate surface area is 102 Å². The lowest BCUT2D eigenvalue weighted by Crippen LogP contribution is -2.25. The van der Waals surface area contributed by atoms with Gasteiger partial charge in [-0.3, -0.25) is 0 Å². The second-order valence-corrected chi connectivity index (χ2v) is 4.17. The maximum atomic E-state index is 8.89. The van der Waals surface area contributed by atoms with Crippen LogP contribution in [0.5, 0.6) is 5.75 Å². The van der Waals surface area contributed by atoms with Crippen molar-refractivity contribution in [1.29, 1.82) is 5.26 Å². The lowest BCUT2D eigenvalue weighted by atomic mass is 10.1. The Morgan fingerprint density at radius 1 is 1.41 bits per heavy atom. The highest BCUT2D eigenvalue weighted by Crippen LogP contribution is 2.19. The van der Waals surface area contributed by atoms with Crippen LogP contribution in [0.15, 0.2) is 30.4 Å². The molecule has 1 aliphatic carbocycles. The predicted molar refractivity (Wildman–Crippen MR) is 66.7 cm³/mol. The van der Waals surface area contributed by atoms with Crippen LogP contribution in [-0.2, 0) is 6.54 Å². The summed E-state index contributed by atoms with van der Waals surface area (Å²) >= 11 is 0.